The fraction of sp³-hybridized carbons (Fsp3) is 0.143. The van der Waals surface area contributed by atoms with Gasteiger partial charge in [-0.25, -0.2) is 17.5 Å². The summed E-state index contributed by atoms with van der Waals surface area (Å²) < 4.78 is 39.3. The van der Waals surface area contributed by atoms with Gasteiger partial charge in [0.05, 0.1) is 4.90 Å². The summed E-state index contributed by atoms with van der Waals surface area (Å²) in [7, 11) is -3.61. The van der Waals surface area contributed by atoms with Crippen LogP contribution in [0.15, 0.2) is 58.3 Å². The van der Waals surface area contributed by atoms with Gasteiger partial charge in [-0.15, -0.1) is 11.8 Å². The van der Waals surface area contributed by atoms with E-state index in [4.69, 9.17) is 0 Å². The first-order valence-corrected chi connectivity index (χ1v) is 8.60. The van der Waals surface area contributed by atoms with E-state index in [2.05, 4.69) is 4.72 Å². The second kappa shape index (κ2) is 6.39. The van der Waals surface area contributed by atoms with Gasteiger partial charge in [0.1, 0.15) is 5.82 Å². The van der Waals surface area contributed by atoms with E-state index >= 15 is 0 Å². The molecule has 0 saturated carbocycles. The minimum atomic E-state index is -3.61. The van der Waals surface area contributed by atoms with Crippen LogP contribution in [0.4, 0.5) is 4.39 Å². The number of sulfonamides is 1. The molecule has 0 heterocycles. The SMILES string of the molecule is CSc1ccc(CNS(=O)(=O)c2ccc(F)cc2)cc1. The first-order valence-electron chi connectivity index (χ1n) is 5.89. The molecule has 1 N–H and O–H groups in total. The minimum absolute atomic E-state index is 0.0552. The van der Waals surface area contributed by atoms with E-state index < -0.39 is 15.8 Å². The lowest BCUT2D eigenvalue weighted by molar-refractivity contribution is 0.580. The number of halogens is 1. The molecule has 0 saturated heterocycles. The van der Waals surface area contributed by atoms with Crippen molar-refractivity contribution in [2.24, 2.45) is 0 Å². The number of benzene rings is 2. The molecule has 6 heteroatoms. The van der Waals surface area contributed by atoms with Crippen LogP contribution in [-0.2, 0) is 16.6 Å². The molecule has 0 aromatic heterocycles. The van der Waals surface area contributed by atoms with Crippen molar-refractivity contribution in [2.45, 2.75) is 16.3 Å². The lowest BCUT2D eigenvalue weighted by Gasteiger charge is -2.07. The summed E-state index contributed by atoms with van der Waals surface area (Å²) in [5, 5.41) is 0. The fourth-order valence-electron chi connectivity index (χ4n) is 1.62. The molecule has 0 aliphatic rings. The van der Waals surface area contributed by atoms with Gasteiger partial charge in [0.15, 0.2) is 0 Å². The molecule has 106 valence electrons. The Labute approximate surface area is 122 Å². The molecule has 3 nitrogen and oxygen atoms in total. The molecular weight excluding hydrogens is 297 g/mol. The van der Waals surface area contributed by atoms with Gasteiger partial charge in [0, 0.05) is 11.4 Å². The molecule has 2 aromatic rings. The first-order chi connectivity index (χ1) is 9.51. The summed E-state index contributed by atoms with van der Waals surface area (Å²) in [4.78, 5) is 1.18. The molecule has 0 atom stereocenters. The summed E-state index contributed by atoms with van der Waals surface area (Å²) in [5.74, 6) is -0.461. The van der Waals surface area contributed by atoms with Crippen molar-refractivity contribution in [3.05, 3.63) is 59.9 Å². The summed E-state index contributed by atoms with van der Waals surface area (Å²) in [6, 6.07) is 12.4. The average Bonchev–Trinajstić information content (AvgIpc) is 2.46. The topological polar surface area (TPSA) is 46.2 Å². The third-order valence-electron chi connectivity index (χ3n) is 2.75. The third-order valence-corrected chi connectivity index (χ3v) is 4.91. The molecule has 2 rings (SSSR count). The monoisotopic (exact) mass is 311 g/mol. The number of hydrogen-bond donors (Lipinski definition) is 1. The lowest BCUT2D eigenvalue weighted by atomic mass is 10.2. The lowest BCUT2D eigenvalue weighted by Crippen LogP contribution is -2.23. The maximum absolute atomic E-state index is 12.8. The molecule has 0 amide bonds. The van der Waals surface area contributed by atoms with E-state index in [0.717, 1.165) is 22.6 Å². The molecule has 0 unspecified atom stereocenters. The largest absolute Gasteiger partial charge is 0.240 e. The summed E-state index contributed by atoms with van der Waals surface area (Å²) in [5.41, 5.74) is 0.869. The first kappa shape index (κ1) is 15.0. The molecule has 0 aliphatic carbocycles. The van der Waals surface area contributed by atoms with Crippen molar-refractivity contribution in [3.8, 4) is 0 Å². The van der Waals surface area contributed by atoms with Crippen LogP contribution < -0.4 is 4.72 Å². The van der Waals surface area contributed by atoms with Crippen molar-refractivity contribution in [2.75, 3.05) is 6.26 Å². The zero-order valence-electron chi connectivity index (χ0n) is 10.8. The molecule has 0 fully saturated rings. The summed E-state index contributed by atoms with van der Waals surface area (Å²) in [6.45, 7) is 0.203. The van der Waals surface area contributed by atoms with Gasteiger partial charge in [-0.3, -0.25) is 0 Å². The van der Waals surface area contributed by atoms with Gasteiger partial charge < -0.3 is 0 Å². The van der Waals surface area contributed by atoms with Gasteiger partial charge >= 0.3 is 0 Å². The van der Waals surface area contributed by atoms with E-state index in [9.17, 15) is 12.8 Å². The van der Waals surface area contributed by atoms with Crippen LogP contribution in [0.1, 0.15) is 5.56 Å². The molecule has 2 aromatic carbocycles. The summed E-state index contributed by atoms with van der Waals surface area (Å²) >= 11 is 1.63. The predicted molar refractivity (Wildman–Crippen MR) is 78.6 cm³/mol. The Morgan fingerprint density at radius 2 is 1.65 bits per heavy atom. The van der Waals surface area contributed by atoms with Crippen LogP contribution in [0.5, 0.6) is 0 Å². The van der Waals surface area contributed by atoms with Crippen molar-refractivity contribution in [3.63, 3.8) is 0 Å². The molecular formula is C14H14FNO2S2. The highest BCUT2D eigenvalue weighted by atomic mass is 32.2. The zero-order valence-corrected chi connectivity index (χ0v) is 12.5. The Bertz CT molecular complexity index is 667. The van der Waals surface area contributed by atoms with Crippen molar-refractivity contribution in [1.29, 1.82) is 0 Å². The second-order valence-corrected chi connectivity index (χ2v) is 6.77. The van der Waals surface area contributed by atoms with Crippen LogP contribution in [0.3, 0.4) is 0 Å². The van der Waals surface area contributed by atoms with E-state index in [1.165, 1.54) is 12.1 Å². The highest BCUT2D eigenvalue weighted by Crippen LogP contribution is 2.15. The van der Waals surface area contributed by atoms with Crippen LogP contribution >= 0.6 is 11.8 Å². The van der Waals surface area contributed by atoms with Crippen LogP contribution in [0.25, 0.3) is 0 Å². The van der Waals surface area contributed by atoms with Gasteiger partial charge in [-0.1, -0.05) is 12.1 Å². The number of thioether (sulfide) groups is 1. The van der Waals surface area contributed by atoms with Crippen molar-refractivity contribution < 1.29 is 12.8 Å². The molecule has 0 radical (unpaired) electrons. The zero-order chi connectivity index (χ0) is 14.6. The molecule has 20 heavy (non-hydrogen) atoms. The van der Waals surface area contributed by atoms with Crippen LogP contribution in [-0.4, -0.2) is 14.7 Å². The minimum Gasteiger partial charge on any atom is -0.207 e. The number of hydrogen-bond acceptors (Lipinski definition) is 3. The van der Waals surface area contributed by atoms with Crippen molar-refractivity contribution in [1.82, 2.24) is 4.72 Å². The normalized spacial score (nSPS) is 11.5. The van der Waals surface area contributed by atoms with Crippen LogP contribution in [0.2, 0.25) is 0 Å². The van der Waals surface area contributed by atoms with E-state index in [1.807, 2.05) is 30.5 Å². The molecule has 0 spiro atoms. The van der Waals surface area contributed by atoms with Gasteiger partial charge in [-0.05, 0) is 48.2 Å². The Morgan fingerprint density at radius 3 is 2.20 bits per heavy atom. The summed E-state index contributed by atoms with van der Waals surface area (Å²) in [6.07, 6.45) is 1.98. The van der Waals surface area contributed by atoms with E-state index in [-0.39, 0.29) is 11.4 Å². The standard InChI is InChI=1S/C14H14FNO2S2/c1-19-13-6-2-11(3-7-13)10-16-20(17,18)14-8-4-12(15)5-9-14/h2-9,16H,10H2,1H3. The molecule has 0 bridgehead atoms. The fourth-order valence-corrected chi connectivity index (χ4v) is 3.04. The predicted octanol–water partition coefficient (Wildman–Crippen LogP) is 3.03. The van der Waals surface area contributed by atoms with Gasteiger partial charge in [-0.2, -0.15) is 0 Å². The van der Waals surface area contributed by atoms with Crippen molar-refractivity contribution >= 4 is 21.8 Å². The van der Waals surface area contributed by atoms with E-state index in [0.29, 0.717) is 0 Å². The maximum Gasteiger partial charge on any atom is 0.240 e. The second-order valence-electron chi connectivity index (χ2n) is 4.13. The number of nitrogens with one attached hydrogen (secondary N) is 1. The van der Waals surface area contributed by atoms with Crippen LogP contribution in [0, 0.1) is 5.82 Å². The maximum atomic E-state index is 12.8. The quantitative estimate of drug-likeness (QED) is 0.863. The molecule has 0 aliphatic heterocycles. The van der Waals surface area contributed by atoms with E-state index in [1.54, 1.807) is 11.8 Å². The van der Waals surface area contributed by atoms with Gasteiger partial charge in [0.2, 0.25) is 10.0 Å². The highest BCUT2D eigenvalue weighted by molar-refractivity contribution is 7.98. The highest BCUT2D eigenvalue weighted by Gasteiger charge is 2.13. The number of rotatable bonds is 5. The Kier molecular flexibility index (Phi) is 4.80. The Morgan fingerprint density at radius 1 is 1.05 bits per heavy atom. The van der Waals surface area contributed by atoms with Gasteiger partial charge in [0.25, 0.3) is 0 Å². The third kappa shape index (κ3) is 3.82. The Balaban J connectivity index is 2.06. The smallest absolute Gasteiger partial charge is 0.207 e. The average molecular weight is 311 g/mol. The Hall–Kier alpha value is -1.37.